The quantitative estimate of drug-likeness (QED) is 0.549. The van der Waals surface area contributed by atoms with Crippen molar-refractivity contribution in [3.63, 3.8) is 0 Å². The van der Waals surface area contributed by atoms with E-state index in [1.54, 1.807) is 6.92 Å². The second-order valence-electron chi connectivity index (χ2n) is 5.16. The fourth-order valence-corrected chi connectivity index (χ4v) is 3.00. The van der Waals surface area contributed by atoms with Crippen LogP contribution in [0.5, 0.6) is 0 Å². The summed E-state index contributed by atoms with van der Waals surface area (Å²) in [6, 6.07) is 0. The highest BCUT2D eigenvalue weighted by Gasteiger charge is 2.44. The Morgan fingerprint density at radius 2 is 2.33 bits per heavy atom. The maximum absolute atomic E-state index is 11.3. The molecule has 0 saturated heterocycles. The summed E-state index contributed by atoms with van der Waals surface area (Å²) in [6.07, 6.45) is 3.38. The number of hydrogen-bond acceptors (Lipinski definition) is 5. The van der Waals surface area contributed by atoms with Crippen molar-refractivity contribution in [2.24, 2.45) is 11.8 Å². The zero-order chi connectivity index (χ0) is 15.4. The standard InChI is InChI=1S/C15H22O6/c1-3-19-9(2)21-15-13-10(6-7-16)4-5-11(13)12(8-20-15)14(17)18/h4,8-9,11,13,15-16H,3,5-7H2,1-2H3,(H,17,18)/t9?,11-,13+,15+/m1/s1. The Kier molecular flexibility index (Phi) is 5.39. The Labute approximate surface area is 124 Å². The van der Waals surface area contributed by atoms with Gasteiger partial charge < -0.3 is 24.4 Å². The van der Waals surface area contributed by atoms with E-state index in [-0.39, 0.29) is 24.0 Å². The number of aliphatic carboxylic acids is 1. The maximum Gasteiger partial charge on any atom is 0.335 e. The number of allylic oxidation sites excluding steroid dienone is 1. The minimum absolute atomic E-state index is 0.0227. The molecule has 0 aromatic carbocycles. The molecule has 21 heavy (non-hydrogen) atoms. The van der Waals surface area contributed by atoms with Crippen LogP contribution in [-0.4, -0.2) is 42.0 Å². The van der Waals surface area contributed by atoms with Crippen molar-refractivity contribution in [3.8, 4) is 0 Å². The summed E-state index contributed by atoms with van der Waals surface area (Å²) in [7, 11) is 0. The molecule has 2 rings (SSSR count). The Balaban J connectivity index is 2.17. The summed E-state index contributed by atoms with van der Waals surface area (Å²) in [6.45, 7) is 4.20. The van der Waals surface area contributed by atoms with Gasteiger partial charge in [-0.1, -0.05) is 11.6 Å². The van der Waals surface area contributed by atoms with Crippen LogP contribution in [0.4, 0.5) is 0 Å². The molecule has 1 heterocycles. The predicted octanol–water partition coefficient (Wildman–Crippen LogP) is 1.66. The van der Waals surface area contributed by atoms with Gasteiger partial charge in [-0.15, -0.1) is 0 Å². The molecule has 1 aliphatic heterocycles. The van der Waals surface area contributed by atoms with Gasteiger partial charge in [0.1, 0.15) is 0 Å². The van der Waals surface area contributed by atoms with Crippen LogP contribution in [0.15, 0.2) is 23.5 Å². The highest BCUT2D eigenvalue weighted by Crippen LogP contribution is 2.44. The van der Waals surface area contributed by atoms with Gasteiger partial charge in [0.25, 0.3) is 0 Å². The topological polar surface area (TPSA) is 85.2 Å². The van der Waals surface area contributed by atoms with Gasteiger partial charge in [-0.25, -0.2) is 4.79 Å². The van der Waals surface area contributed by atoms with Crippen molar-refractivity contribution in [2.45, 2.75) is 39.3 Å². The van der Waals surface area contributed by atoms with Gasteiger partial charge in [0.2, 0.25) is 6.29 Å². The Morgan fingerprint density at radius 1 is 1.57 bits per heavy atom. The molecule has 2 N–H and O–H groups in total. The van der Waals surface area contributed by atoms with E-state index in [0.29, 0.717) is 19.4 Å². The van der Waals surface area contributed by atoms with Gasteiger partial charge in [0.05, 0.1) is 17.8 Å². The molecule has 0 aromatic rings. The van der Waals surface area contributed by atoms with Gasteiger partial charge in [-0.3, -0.25) is 0 Å². The fourth-order valence-electron chi connectivity index (χ4n) is 3.00. The molecule has 6 nitrogen and oxygen atoms in total. The fraction of sp³-hybridized carbons (Fsp3) is 0.667. The third kappa shape index (κ3) is 3.45. The van der Waals surface area contributed by atoms with E-state index in [2.05, 4.69) is 0 Å². The lowest BCUT2D eigenvalue weighted by Gasteiger charge is -2.35. The maximum atomic E-state index is 11.3. The molecule has 2 aliphatic rings. The number of fused-ring (bicyclic) bond motifs is 1. The summed E-state index contributed by atoms with van der Waals surface area (Å²) < 4.78 is 16.6. The van der Waals surface area contributed by atoms with Crippen LogP contribution in [0.25, 0.3) is 0 Å². The Morgan fingerprint density at radius 3 is 2.95 bits per heavy atom. The first kappa shape index (κ1) is 16.0. The number of carbonyl (C=O) groups is 1. The molecule has 4 atom stereocenters. The third-order valence-electron chi connectivity index (χ3n) is 3.89. The van der Waals surface area contributed by atoms with Crippen molar-refractivity contribution in [3.05, 3.63) is 23.5 Å². The molecule has 118 valence electrons. The number of aliphatic hydroxyl groups excluding tert-OH is 1. The summed E-state index contributed by atoms with van der Waals surface area (Å²) in [5.41, 5.74) is 1.25. The molecule has 1 aliphatic carbocycles. The lowest BCUT2D eigenvalue weighted by Crippen LogP contribution is -2.39. The third-order valence-corrected chi connectivity index (χ3v) is 3.89. The first-order valence-corrected chi connectivity index (χ1v) is 7.24. The van der Waals surface area contributed by atoms with E-state index in [1.807, 2.05) is 13.0 Å². The zero-order valence-corrected chi connectivity index (χ0v) is 12.3. The normalized spacial score (nSPS) is 29.2. The largest absolute Gasteiger partial charge is 0.478 e. The number of ether oxygens (including phenoxy) is 3. The average molecular weight is 298 g/mol. The van der Waals surface area contributed by atoms with E-state index in [0.717, 1.165) is 5.57 Å². The van der Waals surface area contributed by atoms with E-state index >= 15 is 0 Å². The number of rotatable bonds is 7. The Bertz CT molecular complexity index is 441. The van der Waals surface area contributed by atoms with Crippen LogP contribution < -0.4 is 0 Å². The minimum atomic E-state index is -0.972. The van der Waals surface area contributed by atoms with Crippen LogP contribution in [0, 0.1) is 11.8 Å². The average Bonchev–Trinajstić information content (AvgIpc) is 2.84. The first-order chi connectivity index (χ1) is 10.1. The number of carboxylic acid groups (broad SMARTS) is 1. The summed E-state index contributed by atoms with van der Waals surface area (Å²) in [5, 5.41) is 18.4. The summed E-state index contributed by atoms with van der Waals surface area (Å²) >= 11 is 0. The molecular weight excluding hydrogens is 276 g/mol. The van der Waals surface area contributed by atoms with Crippen molar-refractivity contribution in [1.82, 2.24) is 0 Å². The van der Waals surface area contributed by atoms with Crippen molar-refractivity contribution in [1.29, 1.82) is 0 Å². The number of carboxylic acids is 1. The first-order valence-electron chi connectivity index (χ1n) is 7.24. The highest BCUT2D eigenvalue weighted by molar-refractivity contribution is 5.87. The molecular formula is C15H22O6. The van der Waals surface area contributed by atoms with Crippen LogP contribution >= 0.6 is 0 Å². The molecule has 6 heteroatoms. The molecule has 0 amide bonds. The predicted molar refractivity (Wildman–Crippen MR) is 74.1 cm³/mol. The van der Waals surface area contributed by atoms with Crippen LogP contribution in [0.2, 0.25) is 0 Å². The van der Waals surface area contributed by atoms with Gasteiger partial charge in [0.15, 0.2) is 6.29 Å². The molecule has 0 radical (unpaired) electrons. The van der Waals surface area contributed by atoms with E-state index in [1.165, 1.54) is 6.26 Å². The van der Waals surface area contributed by atoms with Gasteiger partial charge in [-0.2, -0.15) is 0 Å². The smallest absolute Gasteiger partial charge is 0.335 e. The van der Waals surface area contributed by atoms with E-state index < -0.39 is 18.5 Å². The molecule has 0 fully saturated rings. The molecule has 0 spiro atoms. The monoisotopic (exact) mass is 298 g/mol. The van der Waals surface area contributed by atoms with Crippen LogP contribution in [-0.2, 0) is 19.0 Å². The molecule has 1 unspecified atom stereocenters. The van der Waals surface area contributed by atoms with Gasteiger partial charge in [-0.05, 0) is 26.7 Å². The number of aliphatic hydroxyl groups is 1. The lowest BCUT2D eigenvalue weighted by molar-refractivity contribution is -0.242. The number of hydrogen-bond donors (Lipinski definition) is 2. The zero-order valence-electron chi connectivity index (χ0n) is 12.3. The summed E-state index contributed by atoms with van der Waals surface area (Å²) in [4.78, 5) is 11.3. The Hall–Kier alpha value is -1.37. The van der Waals surface area contributed by atoms with Crippen LogP contribution in [0.3, 0.4) is 0 Å². The van der Waals surface area contributed by atoms with Crippen molar-refractivity contribution >= 4 is 5.97 Å². The molecule has 0 saturated carbocycles. The van der Waals surface area contributed by atoms with Gasteiger partial charge in [0, 0.05) is 19.1 Å². The lowest BCUT2D eigenvalue weighted by atomic mass is 9.82. The van der Waals surface area contributed by atoms with Crippen molar-refractivity contribution < 1.29 is 29.2 Å². The van der Waals surface area contributed by atoms with Gasteiger partial charge >= 0.3 is 5.97 Å². The minimum Gasteiger partial charge on any atom is -0.478 e. The second kappa shape index (κ2) is 7.06. The SMILES string of the molecule is CCOC(C)O[C@@H]1OC=C(C(=O)O)[C@H]2CC=C(CCO)[C@H]12. The van der Waals surface area contributed by atoms with Crippen molar-refractivity contribution in [2.75, 3.05) is 13.2 Å². The molecule has 0 bridgehead atoms. The second-order valence-corrected chi connectivity index (χ2v) is 5.16. The van der Waals surface area contributed by atoms with Crippen LogP contribution in [0.1, 0.15) is 26.7 Å². The van der Waals surface area contributed by atoms with E-state index in [9.17, 15) is 9.90 Å². The molecule has 0 aromatic heterocycles. The van der Waals surface area contributed by atoms with E-state index in [4.69, 9.17) is 19.3 Å². The highest BCUT2D eigenvalue weighted by atomic mass is 16.8. The summed E-state index contributed by atoms with van der Waals surface area (Å²) in [5.74, 6) is -1.33.